The molecule has 0 bridgehead atoms. The van der Waals surface area contributed by atoms with Gasteiger partial charge in [0.25, 0.3) is 0 Å². The molecule has 31 heavy (non-hydrogen) atoms. The van der Waals surface area contributed by atoms with Crippen LogP contribution < -0.4 is 4.74 Å². The molecule has 1 aliphatic heterocycles. The Kier molecular flexibility index (Phi) is 7.27. The van der Waals surface area contributed by atoms with Gasteiger partial charge in [-0.05, 0) is 44.0 Å². The maximum absolute atomic E-state index is 12.7. The topological polar surface area (TPSA) is 72.4 Å². The van der Waals surface area contributed by atoms with Crippen LogP contribution in [0.4, 0.5) is 0 Å². The lowest BCUT2D eigenvalue weighted by Crippen LogP contribution is -2.35. The third-order valence-electron chi connectivity index (χ3n) is 5.01. The van der Waals surface area contributed by atoms with Gasteiger partial charge in [0.15, 0.2) is 0 Å². The number of thiazole rings is 1. The SMILES string of the molecule is Cc1ccc(OCc2nc(CSc3ccc(S(=O)(=O)N4CCCCC4)cn3)cs2)cc1. The van der Waals surface area contributed by atoms with Gasteiger partial charge in [-0.1, -0.05) is 24.1 Å². The van der Waals surface area contributed by atoms with Gasteiger partial charge in [-0.15, -0.1) is 23.1 Å². The summed E-state index contributed by atoms with van der Waals surface area (Å²) >= 11 is 3.12. The molecule has 4 rings (SSSR count). The lowest BCUT2D eigenvalue weighted by molar-refractivity contribution is 0.305. The summed E-state index contributed by atoms with van der Waals surface area (Å²) in [4.78, 5) is 9.24. The van der Waals surface area contributed by atoms with Gasteiger partial charge >= 0.3 is 0 Å². The number of rotatable bonds is 8. The van der Waals surface area contributed by atoms with Crippen LogP contribution in [-0.2, 0) is 22.4 Å². The van der Waals surface area contributed by atoms with E-state index in [1.54, 1.807) is 39.5 Å². The van der Waals surface area contributed by atoms with Crippen molar-refractivity contribution < 1.29 is 13.2 Å². The molecule has 3 aromatic rings. The molecule has 1 aliphatic rings. The average molecular weight is 476 g/mol. The van der Waals surface area contributed by atoms with Crippen LogP contribution in [0.5, 0.6) is 5.75 Å². The van der Waals surface area contributed by atoms with Crippen LogP contribution in [0, 0.1) is 6.92 Å². The number of pyridine rings is 1. The summed E-state index contributed by atoms with van der Waals surface area (Å²) < 4.78 is 32.8. The zero-order valence-electron chi connectivity index (χ0n) is 17.4. The van der Waals surface area contributed by atoms with E-state index in [9.17, 15) is 8.42 Å². The maximum Gasteiger partial charge on any atom is 0.244 e. The largest absolute Gasteiger partial charge is 0.486 e. The number of hydrogen-bond donors (Lipinski definition) is 0. The summed E-state index contributed by atoms with van der Waals surface area (Å²) in [5, 5.41) is 3.73. The second-order valence-corrected chi connectivity index (χ2v) is 11.3. The zero-order chi connectivity index (χ0) is 21.7. The summed E-state index contributed by atoms with van der Waals surface area (Å²) in [6, 6.07) is 11.4. The minimum Gasteiger partial charge on any atom is -0.486 e. The summed E-state index contributed by atoms with van der Waals surface area (Å²) in [5.41, 5.74) is 2.16. The molecule has 0 aliphatic carbocycles. The van der Waals surface area contributed by atoms with Crippen LogP contribution in [0.2, 0.25) is 0 Å². The Morgan fingerprint density at radius 2 is 1.87 bits per heavy atom. The number of thioether (sulfide) groups is 1. The van der Waals surface area contributed by atoms with Crippen LogP contribution in [0.1, 0.15) is 35.5 Å². The van der Waals surface area contributed by atoms with Gasteiger partial charge in [0.2, 0.25) is 10.0 Å². The summed E-state index contributed by atoms with van der Waals surface area (Å²) in [6.45, 7) is 3.68. The van der Waals surface area contributed by atoms with E-state index in [2.05, 4.69) is 9.97 Å². The highest BCUT2D eigenvalue weighted by Crippen LogP contribution is 2.25. The van der Waals surface area contributed by atoms with Crippen LogP contribution >= 0.6 is 23.1 Å². The number of aromatic nitrogens is 2. The van der Waals surface area contributed by atoms with Crippen molar-refractivity contribution in [2.75, 3.05) is 13.1 Å². The first-order valence-electron chi connectivity index (χ1n) is 10.2. The average Bonchev–Trinajstić information content (AvgIpc) is 3.26. The van der Waals surface area contributed by atoms with Crippen molar-refractivity contribution in [3.8, 4) is 5.75 Å². The molecule has 1 fully saturated rings. The highest BCUT2D eigenvalue weighted by Gasteiger charge is 2.26. The van der Waals surface area contributed by atoms with Crippen LogP contribution in [0.3, 0.4) is 0 Å². The Labute approximate surface area is 191 Å². The molecule has 0 unspecified atom stereocenters. The van der Waals surface area contributed by atoms with E-state index in [4.69, 9.17) is 4.74 Å². The third-order valence-corrected chi connectivity index (χ3v) is 8.74. The molecule has 1 aromatic carbocycles. The van der Waals surface area contributed by atoms with E-state index in [1.165, 1.54) is 11.8 Å². The predicted octanol–water partition coefficient (Wildman–Crippen LogP) is 4.89. The zero-order valence-corrected chi connectivity index (χ0v) is 19.8. The number of ether oxygens (including phenoxy) is 1. The van der Waals surface area contributed by atoms with Crippen molar-refractivity contribution in [3.05, 3.63) is 64.2 Å². The highest BCUT2D eigenvalue weighted by atomic mass is 32.2. The van der Waals surface area contributed by atoms with Gasteiger partial charge < -0.3 is 4.74 Å². The Morgan fingerprint density at radius 1 is 1.10 bits per heavy atom. The quantitative estimate of drug-likeness (QED) is 0.432. The molecule has 2 aromatic heterocycles. The Bertz CT molecular complexity index is 1090. The molecule has 0 N–H and O–H groups in total. The molecule has 0 atom stereocenters. The predicted molar refractivity (Wildman–Crippen MR) is 124 cm³/mol. The van der Waals surface area contributed by atoms with Gasteiger partial charge in [-0.2, -0.15) is 4.31 Å². The van der Waals surface area contributed by atoms with Gasteiger partial charge in [0.05, 0.1) is 10.7 Å². The number of hydrogen-bond acceptors (Lipinski definition) is 7. The molecular formula is C22H25N3O3S3. The number of aryl methyl sites for hydroxylation is 1. The number of nitrogens with zero attached hydrogens (tertiary/aromatic N) is 3. The third kappa shape index (κ3) is 5.85. The fourth-order valence-corrected chi connectivity index (χ4v) is 6.28. The minimum atomic E-state index is -3.44. The molecule has 0 amide bonds. The van der Waals surface area contributed by atoms with Crippen molar-refractivity contribution in [2.24, 2.45) is 0 Å². The van der Waals surface area contributed by atoms with Crippen molar-refractivity contribution in [2.45, 2.75) is 48.5 Å². The highest BCUT2D eigenvalue weighted by molar-refractivity contribution is 7.98. The van der Waals surface area contributed by atoms with E-state index >= 15 is 0 Å². The smallest absolute Gasteiger partial charge is 0.244 e. The van der Waals surface area contributed by atoms with Crippen LogP contribution in [-0.4, -0.2) is 35.8 Å². The molecule has 164 valence electrons. The maximum atomic E-state index is 12.7. The van der Waals surface area contributed by atoms with Crippen molar-refractivity contribution in [1.82, 2.24) is 14.3 Å². The normalized spacial score (nSPS) is 15.1. The molecule has 0 radical (unpaired) electrons. The lowest BCUT2D eigenvalue weighted by Gasteiger charge is -2.25. The minimum absolute atomic E-state index is 0.267. The monoisotopic (exact) mass is 475 g/mol. The second kappa shape index (κ2) is 10.1. The molecule has 1 saturated heterocycles. The first-order valence-corrected chi connectivity index (χ1v) is 13.5. The first-order chi connectivity index (χ1) is 15.0. The number of piperidine rings is 1. The van der Waals surface area contributed by atoms with Gasteiger partial charge in [0.1, 0.15) is 22.3 Å². The standard InChI is InChI=1S/C22H25N3O3S3/c1-17-5-7-19(8-6-17)28-14-22-24-18(16-30-22)15-29-21-10-9-20(13-23-21)31(26,27)25-11-3-2-4-12-25/h5-10,13,16H,2-4,11-12,14-15H2,1H3. The first kappa shape index (κ1) is 22.3. The molecule has 9 heteroatoms. The summed E-state index contributed by atoms with van der Waals surface area (Å²) in [5.74, 6) is 1.51. The number of benzene rings is 1. The molecule has 6 nitrogen and oxygen atoms in total. The molecular weight excluding hydrogens is 450 g/mol. The van der Waals surface area contributed by atoms with E-state index in [0.717, 1.165) is 40.7 Å². The Hall–Kier alpha value is -1.94. The van der Waals surface area contributed by atoms with Crippen molar-refractivity contribution in [3.63, 3.8) is 0 Å². The lowest BCUT2D eigenvalue weighted by atomic mass is 10.2. The van der Waals surface area contributed by atoms with E-state index in [1.807, 2.05) is 36.6 Å². The summed E-state index contributed by atoms with van der Waals surface area (Å²) in [6.07, 6.45) is 4.41. The molecule has 3 heterocycles. The van der Waals surface area contributed by atoms with Crippen molar-refractivity contribution >= 4 is 33.1 Å². The fourth-order valence-electron chi connectivity index (χ4n) is 3.27. The van der Waals surface area contributed by atoms with Gasteiger partial charge in [-0.3, -0.25) is 0 Å². The number of sulfonamides is 1. The van der Waals surface area contributed by atoms with Crippen LogP contribution in [0.25, 0.3) is 0 Å². The Morgan fingerprint density at radius 3 is 2.58 bits per heavy atom. The fraction of sp³-hybridized carbons (Fsp3) is 0.364. The van der Waals surface area contributed by atoms with E-state index in [-0.39, 0.29) is 4.90 Å². The molecule has 0 saturated carbocycles. The van der Waals surface area contributed by atoms with Crippen molar-refractivity contribution in [1.29, 1.82) is 0 Å². The van der Waals surface area contributed by atoms with E-state index < -0.39 is 10.0 Å². The summed E-state index contributed by atoms with van der Waals surface area (Å²) in [7, 11) is -3.44. The Balaban J connectivity index is 1.30. The van der Waals surface area contributed by atoms with Gasteiger partial charge in [0, 0.05) is 30.4 Å². The molecule has 0 spiro atoms. The second-order valence-electron chi connectivity index (χ2n) is 7.42. The van der Waals surface area contributed by atoms with E-state index in [0.29, 0.717) is 25.4 Å². The van der Waals surface area contributed by atoms with Gasteiger partial charge in [-0.25, -0.2) is 18.4 Å². The van der Waals surface area contributed by atoms with Crippen LogP contribution in [0.15, 0.2) is 57.9 Å².